The van der Waals surface area contributed by atoms with Crippen molar-refractivity contribution in [3.63, 3.8) is 0 Å². The van der Waals surface area contributed by atoms with Crippen molar-refractivity contribution in [2.75, 3.05) is 6.61 Å². The van der Waals surface area contributed by atoms with Crippen LogP contribution in [0.1, 0.15) is 29.7 Å². The summed E-state index contributed by atoms with van der Waals surface area (Å²) >= 11 is 0. The summed E-state index contributed by atoms with van der Waals surface area (Å²) in [5, 5.41) is 10.7. The van der Waals surface area contributed by atoms with Crippen molar-refractivity contribution in [1.29, 1.82) is 0 Å². The Morgan fingerprint density at radius 2 is 1.77 bits per heavy atom. The van der Waals surface area contributed by atoms with Gasteiger partial charge in [-0.05, 0) is 61.2 Å². The Bertz CT molecular complexity index is 855. The Balaban J connectivity index is 2.33. The number of hydrogen-bond donors (Lipinski definition) is 1. The lowest BCUT2D eigenvalue weighted by Gasteiger charge is -2.23. The highest BCUT2D eigenvalue weighted by atomic mass is 19.3. The average Bonchev–Trinajstić information content (AvgIpc) is 2.65. The van der Waals surface area contributed by atoms with Gasteiger partial charge in [0.25, 0.3) is 0 Å². The molecular weight excluding hydrogens is 411 g/mol. The largest absolute Gasteiger partial charge is 0.466 e. The molecule has 0 radical (unpaired) electrons. The summed E-state index contributed by atoms with van der Waals surface area (Å²) in [4.78, 5) is 12.4. The van der Waals surface area contributed by atoms with Gasteiger partial charge in [0.1, 0.15) is 11.6 Å². The Morgan fingerprint density at radius 3 is 2.33 bits per heavy atom. The summed E-state index contributed by atoms with van der Waals surface area (Å²) in [6, 6.07) is 8.62. The second-order valence-corrected chi connectivity index (χ2v) is 6.68. The van der Waals surface area contributed by atoms with Crippen LogP contribution in [0.2, 0.25) is 0 Å². The molecule has 2 rings (SSSR count). The first kappa shape index (κ1) is 23.6. The van der Waals surface area contributed by atoms with Gasteiger partial charge in [0.2, 0.25) is 0 Å². The number of esters is 1. The first-order chi connectivity index (χ1) is 14.0. The van der Waals surface area contributed by atoms with Crippen LogP contribution >= 0.6 is 0 Å². The maximum Gasteiger partial charge on any atom is 0.461 e. The Hall–Kier alpha value is -2.68. The predicted octanol–water partition coefficient (Wildman–Crippen LogP) is 4.83. The number of benzene rings is 2. The molecule has 2 atom stereocenters. The van der Waals surface area contributed by atoms with Crippen LogP contribution in [0.5, 0.6) is 5.75 Å². The van der Waals surface area contributed by atoms with E-state index < -0.39 is 42.1 Å². The third-order valence-electron chi connectivity index (χ3n) is 4.26. The van der Waals surface area contributed by atoms with Gasteiger partial charge in [0, 0.05) is 0 Å². The fourth-order valence-electron chi connectivity index (χ4n) is 2.92. The first-order valence-electron chi connectivity index (χ1n) is 9.09. The molecule has 30 heavy (non-hydrogen) atoms. The summed E-state index contributed by atoms with van der Waals surface area (Å²) in [6.07, 6.45) is -10.2. The van der Waals surface area contributed by atoms with Gasteiger partial charge in [0.05, 0.1) is 18.6 Å². The lowest BCUT2D eigenvalue weighted by Crippen LogP contribution is -2.33. The molecule has 0 aliphatic carbocycles. The highest BCUT2D eigenvalue weighted by Gasteiger charge is 2.44. The second-order valence-electron chi connectivity index (χ2n) is 6.68. The highest BCUT2D eigenvalue weighted by Crippen LogP contribution is 2.32. The number of carbonyl (C=O) groups is 1. The third-order valence-corrected chi connectivity index (χ3v) is 4.26. The van der Waals surface area contributed by atoms with Crippen molar-refractivity contribution in [3.8, 4) is 5.75 Å². The minimum atomic E-state index is -4.68. The molecule has 9 heteroatoms. The van der Waals surface area contributed by atoms with E-state index in [-0.39, 0.29) is 24.2 Å². The molecular formula is C21H21F5O4. The van der Waals surface area contributed by atoms with E-state index >= 15 is 0 Å². The summed E-state index contributed by atoms with van der Waals surface area (Å²) < 4.78 is 73.6. The molecule has 0 fully saturated rings. The van der Waals surface area contributed by atoms with E-state index in [1.165, 1.54) is 25.1 Å². The van der Waals surface area contributed by atoms with Crippen LogP contribution in [0.15, 0.2) is 42.5 Å². The van der Waals surface area contributed by atoms with Crippen molar-refractivity contribution >= 4 is 5.97 Å². The molecule has 0 aromatic heterocycles. The molecule has 2 aromatic rings. The number of carbonyl (C=O) groups excluding carboxylic acids is 1. The number of aryl methyl sites for hydroxylation is 1. The number of alkyl halides is 4. The molecule has 0 amide bonds. The van der Waals surface area contributed by atoms with Gasteiger partial charge in [-0.2, -0.15) is 17.6 Å². The van der Waals surface area contributed by atoms with Crippen molar-refractivity contribution in [3.05, 3.63) is 65.0 Å². The molecule has 4 nitrogen and oxygen atoms in total. The van der Waals surface area contributed by atoms with E-state index in [2.05, 4.69) is 4.74 Å². The van der Waals surface area contributed by atoms with Gasteiger partial charge in [-0.25, -0.2) is 4.39 Å². The summed E-state index contributed by atoms with van der Waals surface area (Å²) in [5.41, 5.74) is 0.962. The van der Waals surface area contributed by atoms with Gasteiger partial charge < -0.3 is 14.6 Å². The van der Waals surface area contributed by atoms with E-state index in [0.717, 1.165) is 24.3 Å². The van der Waals surface area contributed by atoms with Crippen molar-refractivity contribution in [1.82, 2.24) is 0 Å². The molecule has 0 bridgehead atoms. The molecule has 0 aliphatic heterocycles. The minimum Gasteiger partial charge on any atom is -0.466 e. The van der Waals surface area contributed by atoms with Crippen LogP contribution in [0, 0.1) is 18.7 Å². The molecule has 0 heterocycles. The Labute approximate surface area is 170 Å². The molecule has 0 saturated carbocycles. The first-order valence-corrected chi connectivity index (χ1v) is 9.09. The van der Waals surface area contributed by atoms with Crippen LogP contribution in [0.25, 0.3) is 0 Å². The predicted molar refractivity (Wildman–Crippen MR) is 97.9 cm³/mol. The zero-order valence-electron chi connectivity index (χ0n) is 16.2. The standard InChI is InChI=1S/C21H21F5O4/c1-3-29-19(28)17(18(27)14-4-6-15(22)7-5-14)11-13-8-12(2)9-16(10-13)30-21(25,26)20(23)24/h4-10,17-18,20,27H,3,11H2,1-2H3. The summed E-state index contributed by atoms with van der Waals surface area (Å²) in [7, 11) is 0. The second kappa shape index (κ2) is 9.88. The van der Waals surface area contributed by atoms with Crippen LogP contribution in [-0.2, 0) is 16.0 Å². The van der Waals surface area contributed by atoms with E-state index in [0.29, 0.717) is 5.56 Å². The van der Waals surface area contributed by atoms with Crippen molar-refractivity contribution < 1.29 is 41.3 Å². The monoisotopic (exact) mass is 432 g/mol. The van der Waals surface area contributed by atoms with Crippen LogP contribution < -0.4 is 4.74 Å². The molecule has 164 valence electrons. The van der Waals surface area contributed by atoms with Gasteiger partial charge in [-0.3, -0.25) is 4.79 Å². The number of aliphatic hydroxyl groups excluding tert-OH is 1. The topological polar surface area (TPSA) is 55.8 Å². The third kappa shape index (κ3) is 6.16. The van der Waals surface area contributed by atoms with Gasteiger partial charge in [-0.15, -0.1) is 0 Å². The van der Waals surface area contributed by atoms with E-state index in [4.69, 9.17) is 4.74 Å². The number of hydrogen-bond acceptors (Lipinski definition) is 4. The summed E-state index contributed by atoms with van der Waals surface area (Å²) in [5.74, 6) is -2.94. The average molecular weight is 432 g/mol. The fourth-order valence-corrected chi connectivity index (χ4v) is 2.92. The lowest BCUT2D eigenvalue weighted by molar-refractivity contribution is -0.253. The van der Waals surface area contributed by atoms with E-state index in [1.54, 1.807) is 6.92 Å². The molecule has 0 spiro atoms. The highest BCUT2D eigenvalue weighted by molar-refractivity contribution is 5.74. The Kier molecular flexibility index (Phi) is 7.77. The van der Waals surface area contributed by atoms with Crippen LogP contribution in [0.3, 0.4) is 0 Å². The molecule has 0 saturated heterocycles. The van der Waals surface area contributed by atoms with Crippen LogP contribution in [-0.4, -0.2) is 30.2 Å². The van der Waals surface area contributed by atoms with Gasteiger partial charge >= 0.3 is 18.5 Å². The van der Waals surface area contributed by atoms with E-state index in [1.807, 2.05) is 0 Å². The molecule has 2 unspecified atom stereocenters. The van der Waals surface area contributed by atoms with Gasteiger partial charge in [0.15, 0.2) is 0 Å². The molecule has 0 aliphatic rings. The Morgan fingerprint density at radius 1 is 1.13 bits per heavy atom. The van der Waals surface area contributed by atoms with Crippen molar-refractivity contribution in [2.45, 2.75) is 38.9 Å². The summed E-state index contributed by atoms with van der Waals surface area (Å²) in [6.45, 7) is 3.14. The normalized spacial score (nSPS) is 13.8. The maximum absolute atomic E-state index is 13.3. The number of rotatable bonds is 9. The zero-order valence-corrected chi connectivity index (χ0v) is 16.2. The number of halogens is 5. The SMILES string of the molecule is CCOC(=O)C(Cc1cc(C)cc(OC(F)(F)C(F)F)c1)C(O)c1ccc(F)cc1. The molecule has 2 aromatic carbocycles. The fraction of sp³-hybridized carbons (Fsp3) is 0.381. The van der Waals surface area contributed by atoms with E-state index in [9.17, 15) is 31.9 Å². The van der Waals surface area contributed by atoms with Crippen LogP contribution in [0.4, 0.5) is 22.0 Å². The zero-order chi connectivity index (χ0) is 22.5. The van der Waals surface area contributed by atoms with Gasteiger partial charge in [-0.1, -0.05) is 18.2 Å². The van der Waals surface area contributed by atoms with Crippen molar-refractivity contribution in [2.24, 2.45) is 5.92 Å². The smallest absolute Gasteiger partial charge is 0.461 e. The number of ether oxygens (including phenoxy) is 2. The minimum absolute atomic E-state index is 0.0360. The lowest BCUT2D eigenvalue weighted by atomic mass is 9.89. The quantitative estimate of drug-likeness (QED) is 0.456. The number of aliphatic hydroxyl groups is 1. The molecule has 1 N–H and O–H groups in total. The maximum atomic E-state index is 13.3.